The number of anilines is 6. The fraction of sp³-hybridized carbons (Fsp3) is 0.00813. The number of hydrogen-bond acceptors (Lipinski definition) is 9. The lowest BCUT2D eigenvalue weighted by Gasteiger charge is -2.25. The van der Waals surface area contributed by atoms with Crippen LogP contribution in [0.3, 0.4) is 0 Å². The normalized spacial score (nSPS) is 11.8. The second kappa shape index (κ2) is 31.9. The van der Waals surface area contributed by atoms with Crippen molar-refractivity contribution in [3.05, 3.63) is 458 Å². The van der Waals surface area contributed by atoms with E-state index in [1.165, 1.54) is 21.9 Å². The smallest absolute Gasteiger partial charge is 0.159 e. The lowest BCUT2D eigenvalue weighted by Crippen LogP contribution is -2.10. The Morgan fingerprint density at radius 1 is 0.179 bits per heavy atom. The molecule has 0 aliphatic rings. The van der Waals surface area contributed by atoms with E-state index in [9.17, 15) is 0 Å². The van der Waals surface area contributed by atoms with Gasteiger partial charge in [-0.05, 0) is 182 Å². The molecule has 0 radical (unpaired) electrons. The number of rotatable bonds is 12. The van der Waals surface area contributed by atoms with E-state index in [1.807, 2.05) is 103 Å². The fourth-order valence-electron chi connectivity index (χ4n) is 20.3. The maximum Gasteiger partial charge on any atom is 0.159 e. The highest BCUT2D eigenvalue weighted by atomic mass is 35.5. The van der Waals surface area contributed by atoms with Gasteiger partial charge in [0.15, 0.2) is 11.2 Å². The van der Waals surface area contributed by atoms with Crippen molar-refractivity contribution < 1.29 is 30.9 Å². The zero-order chi connectivity index (χ0) is 88.6. The molecular formula is C123H74Cl2N2O7. The van der Waals surface area contributed by atoms with Gasteiger partial charge >= 0.3 is 0 Å². The Bertz CT molecular complexity index is 9040. The fourth-order valence-corrected chi connectivity index (χ4v) is 20.6. The molecule has 11 heteroatoms. The van der Waals surface area contributed by atoms with Gasteiger partial charge in [0.2, 0.25) is 0 Å². The number of para-hydroxylation sites is 8. The summed E-state index contributed by atoms with van der Waals surface area (Å²) in [6.45, 7) is 0. The van der Waals surface area contributed by atoms with Crippen LogP contribution in [0.2, 0.25) is 10.0 Å². The first-order chi connectivity index (χ1) is 66.3. The molecule has 7 heterocycles. The van der Waals surface area contributed by atoms with E-state index in [0.717, 1.165) is 249 Å². The molecule has 0 unspecified atom stereocenters. The van der Waals surface area contributed by atoms with Gasteiger partial charge in [-0.15, -0.1) is 0 Å². The predicted octanol–water partition coefficient (Wildman–Crippen LogP) is 37.2. The van der Waals surface area contributed by atoms with Crippen molar-refractivity contribution in [1.29, 1.82) is 0 Å². The molecule has 28 rings (SSSR count). The Morgan fingerprint density at radius 3 is 0.813 bits per heavy atom. The van der Waals surface area contributed by atoms with Crippen LogP contribution in [0.25, 0.3) is 220 Å². The van der Waals surface area contributed by atoms with Gasteiger partial charge < -0.3 is 40.7 Å². The molecule has 28 aromatic rings. The van der Waals surface area contributed by atoms with E-state index >= 15 is 0 Å². The van der Waals surface area contributed by atoms with Crippen molar-refractivity contribution in [2.75, 3.05) is 9.80 Å². The largest absolute Gasteiger partial charge is 0.456 e. The summed E-state index contributed by atoms with van der Waals surface area (Å²) in [6, 6.07) is 151. The van der Waals surface area contributed by atoms with Gasteiger partial charge in [0.25, 0.3) is 0 Å². The van der Waals surface area contributed by atoms with E-state index in [0.29, 0.717) is 10.0 Å². The van der Waals surface area contributed by atoms with Crippen LogP contribution in [0.4, 0.5) is 34.1 Å². The summed E-state index contributed by atoms with van der Waals surface area (Å²) < 4.78 is 47.0. The predicted molar refractivity (Wildman–Crippen MR) is 556 cm³/mol. The summed E-state index contributed by atoms with van der Waals surface area (Å²) in [5.41, 5.74) is 28.4. The molecule has 0 spiro atoms. The molecule has 0 bridgehead atoms. The average molecular weight is 1760 g/mol. The molecule has 0 N–H and O–H groups in total. The number of hydrogen-bond donors (Lipinski definition) is 0. The van der Waals surface area contributed by atoms with Gasteiger partial charge in [-0.1, -0.05) is 308 Å². The second-order valence-corrected chi connectivity index (χ2v) is 35.0. The number of nitrogens with zero attached hydrogens (tertiary/aromatic N) is 2. The Balaban J connectivity index is 0.000000132. The first-order valence-corrected chi connectivity index (χ1v) is 45.6. The van der Waals surface area contributed by atoms with Gasteiger partial charge in [-0.3, -0.25) is 0 Å². The second-order valence-electron chi connectivity index (χ2n) is 34.1. The van der Waals surface area contributed by atoms with Crippen LogP contribution in [-0.4, -0.2) is 0 Å². The summed E-state index contributed by atoms with van der Waals surface area (Å²) in [5, 5.41) is 20.7. The molecule has 0 aliphatic heterocycles. The summed E-state index contributed by atoms with van der Waals surface area (Å²) in [5.74, 6) is 0. The highest BCUT2D eigenvalue weighted by molar-refractivity contribution is 6.36. The average Bonchev–Trinajstić information content (AvgIpc) is 1.53. The summed E-state index contributed by atoms with van der Waals surface area (Å²) >= 11 is 12.8. The highest BCUT2D eigenvalue weighted by Gasteiger charge is 2.30. The lowest BCUT2D eigenvalue weighted by atomic mass is 9.91. The molecule has 0 atom stereocenters. The molecule has 0 saturated heterocycles. The van der Waals surface area contributed by atoms with Crippen molar-refractivity contribution in [3.8, 4) is 44.5 Å². The van der Waals surface area contributed by atoms with E-state index in [4.69, 9.17) is 54.1 Å². The molecule has 0 amide bonds. The number of fused-ring (bicyclic) bond motifs is 27. The maximum atomic E-state index is 7.26. The Kier molecular flexibility index (Phi) is 18.6. The Hall–Kier alpha value is -17.1. The molecule has 9 nitrogen and oxygen atoms in total. The van der Waals surface area contributed by atoms with Crippen LogP contribution in [-0.2, 0) is 6.42 Å². The maximum absolute atomic E-state index is 7.26. The molecule has 0 aliphatic carbocycles. The third kappa shape index (κ3) is 13.1. The molecular weight excluding hydrogens is 1690 g/mol. The van der Waals surface area contributed by atoms with Crippen LogP contribution in [0.5, 0.6) is 0 Å². The molecule has 0 fully saturated rings. The quantitative estimate of drug-likeness (QED) is 0.118. The topological polar surface area (TPSA) is 98.5 Å². The van der Waals surface area contributed by atoms with Crippen LogP contribution >= 0.6 is 23.2 Å². The van der Waals surface area contributed by atoms with Crippen molar-refractivity contribution in [2.45, 2.75) is 6.42 Å². The van der Waals surface area contributed by atoms with Gasteiger partial charge in [-0.25, -0.2) is 0 Å². The van der Waals surface area contributed by atoms with Crippen molar-refractivity contribution >= 4 is 232 Å². The molecule has 0 saturated carbocycles. The lowest BCUT2D eigenvalue weighted by molar-refractivity contribution is 0.664. The van der Waals surface area contributed by atoms with Crippen LogP contribution < -0.4 is 9.80 Å². The minimum absolute atomic E-state index is 0.646. The van der Waals surface area contributed by atoms with Gasteiger partial charge in [0, 0.05) is 150 Å². The summed E-state index contributed by atoms with van der Waals surface area (Å²) in [7, 11) is 0. The third-order valence-electron chi connectivity index (χ3n) is 26.3. The zero-order valence-corrected chi connectivity index (χ0v) is 73.3. The van der Waals surface area contributed by atoms with Crippen molar-refractivity contribution in [2.24, 2.45) is 0 Å². The van der Waals surface area contributed by atoms with Gasteiger partial charge in [0.05, 0.1) is 22.7 Å². The first kappa shape index (κ1) is 78.0. The minimum Gasteiger partial charge on any atom is -0.456 e. The van der Waals surface area contributed by atoms with Gasteiger partial charge in [-0.2, -0.15) is 0 Å². The highest BCUT2D eigenvalue weighted by Crippen LogP contribution is 2.54. The SMILES string of the molecule is Clc1ccc2c(c1)oc1c(-c3ccccc3)cc3c(cc(-c4ccccc4)c4oc5cc(Cl)ccc5c43)c12.c1ccc(-c2cc3c(cc(-c4ccccc4)c4oc5cc(N(c6ccccc6)c6cccc7c6oc6ccccc67)ccc5c43)c3c2oc2cc(N(c4ccccc4)c4cccc5c4oc4ccccc45)ccc23)cc1.c1ccc(Cc2cccc3c2oc2ccccc23)cc1. The van der Waals surface area contributed by atoms with Crippen LogP contribution in [0.1, 0.15) is 11.1 Å². The summed E-state index contributed by atoms with van der Waals surface area (Å²) in [4.78, 5) is 4.54. The number of halogens is 2. The van der Waals surface area contributed by atoms with Crippen molar-refractivity contribution in [3.63, 3.8) is 0 Å². The van der Waals surface area contributed by atoms with E-state index in [-0.39, 0.29) is 0 Å². The van der Waals surface area contributed by atoms with E-state index in [1.54, 1.807) is 0 Å². The molecule has 632 valence electrons. The molecule has 134 heavy (non-hydrogen) atoms. The van der Waals surface area contributed by atoms with Gasteiger partial charge in [0.1, 0.15) is 67.0 Å². The van der Waals surface area contributed by atoms with Crippen LogP contribution in [0.15, 0.2) is 468 Å². The monoisotopic (exact) mass is 1760 g/mol. The first-order valence-electron chi connectivity index (χ1n) is 44.9. The number of benzene rings is 21. The van der Waals surface area contributed by atoms with E-state index in [2.05, 4.69) is 343 Å². The van der Waals surface area contributed by atoms with Crippen LogP contribution in [0, 0.1) is 0 Å². The van der Waals surface area contributed by atoms with Crippen molar-refractivity contribution in [1.82, 2.24) is 0 Å². The molecule has 21 aromatic carbocycles. The zero-order valence-electron chi connectivity index (χ0n) is 71.8. The molecule has 7 aromatic heterocycles. The Labute approximate surface area is 776 Å². The van der Waals surface area contributed by atoms with E-state index < -0.39 is 0 Å². The number of furan rings is 7. The Morgan fingerprint density at radius 2 is 0.455 bits per heavy atom. The minimum atomic E-state index is 0.646. The standard InChI is InChI=1S/C70H42N2O4.C34H18Cl2O2.C19H14O/c1-5-19-43(20-6-1)55-41-57-58(65-53-37-35-47(39-63(53)75-69(55)65)71(45-23-9-3-10-24-45)59-31-17-29-51-49-27-13-15-33-61(49)73-67(51)59)42-56(44-21-7-2-8-22-44)70-66(57)54-38-36-48(40-64(54)76-70)72(46-25-11-4-12-26-46)60-32-18-30-52-50-28-14-16-34-62(50)74-68(52)60;35-21-11-13-23-29(15-21)37-33-25(19-7-3-1-4-8-19)17-27-28(31(23)33)18-26(20-9-5-2-6-10-20)34-32(27)24-14-12-22(36)16-30(24)38-34;1-2-7-14(8-3-1)13-15-9-6-11-17-16-10-4-5-12-18(16)20-19(15)17/h1-42H;1-18H;1-12H,13H2. The summed E-state index contributed by atoms with van der Waals surface area (Å²) in [6.07, 6.45) is 0.901. The third-order valence-corrected chi connectivity index (χ3v) is 26.8.